The molecule has 2 amide bonds. The first kappa shape index (κ1) is 102. The van der Waals surface area contributed by atoms with E-state index in [1.807, 2.05) is 141 Å². The lowest BCUT2D eigenvalue weighted by atomic mass is 10.0. The number of amides is 2. The molecule has 0 saturated heterocycles. The topological polar surface area (TPSA) is 463 Å². The van der Waals surface area contributed by atoms with Crippen LogP contribution in [0.1, 0.15) is 100 Å². The predicted molar refractivity (Wildman–Crippen MR) is 600 cm³/mol. The van der Waals surface area contributed by atoms with Gasteiger partial charge in [0.25, 0.3) is 0 Å². The van der Waals surface area contributed by atoms with Crippen molar-refractivity contribution in [2.45, 2.75) is 102 Å². The molecular formula is C112H107FN28O4S4. The molecule has 24 aromatic rings. The maximum absolute atomic E-state index is 14.6. The SMILES string of the molecule is C.C.C.C.CC(C)CC(=O)Nc1cncc(-c2ccc3[nH]nc(-c4nc5c(-c6cccs6)cncc5[nH]4)c3c2)c1.CCC(=O)Nc1cncc(-c2ccc3[nH]nc(-c4nc5c(-c6cccs6)cncc5[nH]4)c3c2)c1.CS(=O)(=O)CCc1cc(F)cc(-c2cncc3[nH]c(-c4n[nH]c5ccc(-c6cncc(CNCC7CCCC7)c6)cc45)nc23)c1.Nc1cncc(-c2ccc3[nH]nc(-c4nc5c(-c6cccs6)cncc5[nH]4)c3c2)c1. The molecule has 13 N–H and O–H groups in total. The molecule has 750 valence electrons. The number of nitrogens with two attached hydrogens (primary N) is 1. The van der Waals surface area contributed by atoms with Crippen LogP contribution >= 0.6 is 34.0 Å². The number of hydrogen-bond donors (Lipinski definition) is 12. The van der Waals surface area contributed by atoms with Gasteiger partial charge in [0.2, 0.25) is 11.8 Å². The molecule has 0 atom stereocenters. The van der Waals surface area contributed by atoms with Gasteiger partial charge in [0, 0.05) is 168 Å². The number of aromatic nitrogens is 24. The molecule has 19 heterocycles. The van der Waals surface area contributed by atoms with Gasteiger partial charge >= 0.3 is 0 Å². The molecule has 5 aromatic carbocycles. The third kappa shape index (κ3) is 22.2. The summed E-state index contributed by atoms with van der Waals surface area (Å²) in [6, 6.07) is 49.2. The lowest BCUT2D eigenvalue weighted by molar-refractivity contribution is -0.117. The van der Waals surface area contributed by atoms with Crippen molar-refractivity contribution in [3.05, 3.63) is 284 Å². The Morgan fingerprint density at radius 2 is 0.779 bits per heavy atom. The number of rotatable bonds is 24. The molecular weight excluding hydrogens is 1950 g/mol. The zero-order chi connectivity index (χ0) is 98.8. The summed E-state index contributed by atoms with van der Waals surface area (Å²) < 4.78 is 38.0. The Balaban J connectivity index is 0.000000130. The number of H-pyrrole nitrogens is 8. The van der Waals surface area contributed by atoms with E-state index in [4.69, 9.17) is 25.7 Å². The van der Waals surface area contributed by atoms with Crippen LogP contribution in [0.2, 0.25) is 0 Å². The van der Waals surface area contributed by atoms with Crippen LogP contribution < -0.4 is 21.7 Å². The smallest absolute Gasteiger partial charge is 0.224 e. The number of pyridine rings is 8. The standard InChI is InChI=1S/C34H34FN7O2S.C27H23N7OS.C25H19N7OS.C22H15N7S.4CH4/c1-45(43,44)9-8-22-10-25(13-27(35)12-22)29-19-38-20-31-32(29)40-34(39-31)33-28-14-24(6-7-30(28)41-42-33)26-11-23(17-37-18-26)16-36-15-21-4-2-3-5-21;1-15(2)8-24(35)30-18-9-17(11-28-12-18)16-5-6-21-19(10-16)26(34-33-21)27-31-22-14-29-13-20(25(22)32-27)23-4-3-7-36-23;1-2-22(33)28-16-8-15(10-26-11-16)14-5-6-19-17(9-14)24(32-31-19)25-29-20-13-27-12-18(23(20)30-25)21-4-3-7-34-21;23-14-6-13(8-24-9-14)12-3-4-17-15(7-12)21(29-28-17)22-26-18-11-25-10-16(20(18)27-22)19-2-1-5-30-19;;;;/h6-7,10-14,17-21,36H,2-5,8-9,15-16H2,1H3,(H,39,40)(H,41,42);3-7,9-15H,8H2,1-2H3,(H,30,35)(H,31,32)(H,33,34);3-13H,2H2,1H3,(H,28,33)(H,29,30)(H,31,32);1-11H,23H2,(H,26,27)(H,28,29);4*1H4. The van der Waals surface area contributed by atoms with E-state index in [9.17, 15) is 22.4 Å². The molecule has 0 unspecified atom stereocenters. The number of sulfone groups is 1. The number of hydrogen-bond acceptors (Lipinski definition) is 25. The predicted octanol–water partition coefficient (Wildman–Crippen LogP) is 25.6. The van der Waals surface area contributed by atoms with E-state index in [2.05, 4.69) is 177 Å². The van der Waals surface area contributed by atoms with E-state index in [1.54, 1.807) is 108 Å². The van der Waals surface area contributed by atoms with Crippen LogP contribution in [0.4, 0.5) is 21.5 Å². The number of aryl methyl sites for hydroxylation is 1. The summed E-state index contributed by atoms with van der Waals surface area (Å²) in [5, 5.41) is 50.0. The Morgan fingerprint density at radius 1 is 0.409 bits per heavy atom. The number of nitrogen functional groups attached to an aromatic ring is 1. The maximum atomic E-state index is 14.6. The number of fused-ring (bicyclic) bond motifs is 8. The fourth-order valence-electron chi connectivity index (χ4n) is 18.1. The van der Waals surface area contributed by atoms with Crippen LogP contribution in [0.15, 0.2) is 267 Å². The van der Waals surface area contributed by atoms with E-state index in [0.717, 1.165) is 194 Å². The summed E-state index contributed by atoms with van der Waals surface area (Å²) in [7, 11) is -3.19. The van der Waals surface area contributed by atoms with E-state index in [1.165, 1.54) is 44.1 Å². The minimum Gasteiger partial charge on any atom is -0.397 e. The molecule has 25 rings (SSSR count). The van der Waals surface area contributed by atoms with Gasteiger partial charge in [-0.1, -0.05) is 112 Å². The summed E-state index contributed by atoms with van der Waals surface area (Å²) in [6.07, 6.45) is 35.9. The third-order valence-corrected chi connectivity index (χ3v) is 28.9. The molecule has 0 bridgehead atoms. The highest BCUT2D eigenvalue weighted by molar-refractivity contribution is 7.90. The van der Waals surface area contributed by atoms with Crippen LogP contribution in [0.5, 0.6) is 0 Å². The number of imidazole rings is 4. The number of carbonyl (C=O) groups excluding carboxylic acids is 2. The molecule has 0 radical (unpaired) electrons. The van der Waals surface area contributed by atoms with Gasteiger partial charge in [-0.05, 0) is 196 Å². The van der Waals surface area contributed by atoms with Gasteiger partial charge in [-0.25, -0.2) is 32.7 Å². The minimum absolute atomic E-state index is 0. The first-order chi connectivity index (χ1) is 70.8. The Hall–Kier alpha value is -17.3. The van der Waals surface area contributed by atoms with E-state index in [-0.39, 0.29) is 53.7 Å². The van der Waals surface area contributed by atoms with Crippen molar-refractivity contribution in [1.29, 1.82) is 0 Å². The highest BCUT2D eigenvalue weighted by atomic mass is 32.2. The average Bonchev–Trinajstić information content (AvgIpc) is 1.62. The summed E-state index contributed by atoms with van der Waals surface area (Å²) in [5.74, 6) is 3.10. The van der Waals surface area contributed by atoms with Crippen molar-refractivity contribution in [2.75, 3.05) is 34.9 Å². The van der Waals surface area contributed by atoms with E-state index < -0.39 is 15.7 Å². The van der Waals surface area contributed by atoms with Crippen LogP contribution in [-0.2, 0) is 32.4 Å². The van der Waals surface area contributed by atoms with Crippen LogP contribution in [0.25, 0.3) is 221 Å². The number of nitrogens with one attached hydrogen (secondary N) is 11. The maximum Gasteiger partial charge on any atom is 0.224 e. The van der Waals surface area contributed by atoms with Gasteiger partial charge in [0.05, 0.1) is 110 Å². The molecule has 1 saturated carbocycles. The molecule has 149 heavy (non-hydrogen) atoms. The van der Waals surface area contributed by atoms with Crippen molar-refractivity contribution in [1.82, 2.24) is 126 Å². The largest absolute Gasteiger partial charge is 0.397 e. The van der Waals surface area contributed by atoms with Crippen molar-refractivity contribution < 1.29 is 22.4 Å². The van der Waals surface area contributed by atoms with Crippen molar-refractivity contribution in [2.24, 2.45) is 11.8 Å². The molecule has 1 aliphatic carbocycles. The van der Waals surface area contributed by atoms with Crippen molar-refractivity contribution in [3.8, 4) is 133 Å². The summed E-state index contributed by atoms with van der Waals surface area (Å²) in [4.78, 5) is 95.3. The Bertz CT molecular complexity index is 9050. The van der Waals surface area contributed by atoms with E-state index >= 15 is 0 Å². The van der Waals surface area contributed by atoms with Gasteiger partial charge in [0.15, 0.2) is 23.3 Å². The second-order valence-corrected chi connectivity index (χ2v) is 41.1. The Morgan fingerprint density at radius 3 is 1.17 bits per heavy atom. The Labute approximate surface area is 868 Å². The molecule has 19 aromatic heterocycles. The first-order valence-corrected chi connectivity index (χ1v) is 51.7. The summed E-state index contributed by atoms with van der Waals surface area (Å²) in [6.45, 7) is 7.70. The van der Waals surface area contributed by atoms with Crippen molar-refractivity contribution in [3.63, 3.8) is 0 Å². The van der Waals surface area contributed by atoms with Gasteiger partial charge in [0.1, 0.15) is 55.0 Å². The highest BCUT2D eigenvalue weighted by Crippen LogP contribution is 2.42. The van der Waals surface area contributed by atoms with Crippen molar-refractivity contribution >= 4 is 160 Å². The average molecular weight is 2060 g/mol. The number of carbonyl (C=O) groups is 2. The Kier molecular flexibility index (Phi) is 30.3. The number of thiophene rings is 3. The first-order valence-electron chi connectivity index (χ1n) is 47.0. The molecule has 37 heteroatoms. The lowest BCUT2D eigenvalue weighted by Gasteiger charge is -2.11. The fourth-order valence-corrected chi connectivity index (χ4v) is 21.0. The van der Waals surface area contributed by atoms with E-state index in [0.29, 0.717) is 92.5 Å². The third-order valence-electron chi connectivity index (χ3n) is 25.2. The highest BCUT2D eigenvalue weighted by Gasteiger charge is 2.25. The number of aromatic amines is 8. The quantitative estimate of drug-likeness (QED) is 0.0267. The molecule has 32 nitrogen and oxygen atoms in total. The van der Waals surface area contributed by atoms with Gasteiger partial charge < -0.3 is 41.6 Å². The van der Waals surface area contributed by atoms with Crippen LogP contribution in [-0.4, -0.2) is 159 Å². The molecule has 1 aliphatic rings. The molecule has 0 aliphatic heterocycles. The molecule has 1 fully saturated rings. The van der Waals surface area contributed by atoms with Gasteiger partial charge in [-0.3, -0.25) is 69.9 Å². The monoisotopic (exact) mass is 2050 g/mol. The van der Waals surface area contributed by atoms with Gasteiger partial charge in [-0.15, -0.1) is 34.0 Å². The van der Waals surface area contributed by atoms with Gasteiger partial charge in [-0.2, -0.15) is 20.4 Å². The van der Waals surface area contributed by atoms with Crippen LogP contribution in [0, 0.1) is 17.7 Å². The second kappa shape index (κ2) is 44.4. The fraction of sp³-hybridized carbons (Fsp3) is 0.179. The number of benzene rings is 5. The number of anilines is 3. The number of halogens is 1. The molecule has 0 spiro atoms. The summed E-state index contributed by atoms with van der Waals surface area (Å²) in [5.41, 5.74) is 34.6. The minimum atomic E-state index is -3.19. The zero-order valence-electron chi connectivity index (χ0n) is 78.5. The second-order valence-electron chi connectivity index (χ2n) is 36.0. The normalized spacial score (nSPS) is 12.0. The summed E-state index contributed by atoms with van der Waals surface area (Å²) >= 11 is 4.99. The number of nitrogens with zero attached hydrogens (tertiary/aromatic N) is 16. The zero-order valence-corrected chi connectivity index (χ0v) is 81.8. The van der Waals surface area contributed by atoms with Crippen LogP contribution in [0.3, 0.4) is 0 Å². The lowest BCUT2D eigenvalue weighted by Crippen LogP contribution is -2.20.